The molecule has 1 aliphatic heterocycles. The minimum atomic E-state index is -0.346. The van der Waals surface area contributed by atoms with E-state index >= 15 is 0 Å². The van der Waals surface area contributed by atoms with Crippen molar-refractivity contribution in [3.05, 3.63) is 35.9 Å². The smallest absolute Gasteiger partial charge is 0.233 e. The maximum Gasteiger partial charge on any atom is 0.233 e. The summed E-state index contributed by atoms with van der Waals surface area (Å²) in [5, 5.41) is 9.74. The van der Waals surface area contributed by atoms with E-state index in [0.29, 0.717) is 12.5 Å². The molecule has 138 valence electrons. The number of hydrogen-bond donors (Lipinski definition) is 1. The van der Waals surface area contributed by atoms with Crippen LogP contribution in [-0.4, -0.2) is 61.2 Å². The van der Waals surface area contributed by atoms with Crippen LogP contribution in [0.15, 0.2) is 30.3 Å². The van der Waals surface area contributed by atoms with Gasteiger partial charge in [0.05, 0.1) is 5.41 Å². The Morgan fingerprint density at radius 1 is 1.16 bits per heavy atom. The molecule has 0 unspecified atom stereocenters. The topological polar surface area (TPSA) is 43.8 Å². The first-order valence-corrected chi connectivity index (χ1v) is 9.65. The SMILES string of the molecule is CN(C)C[C@H]1C[C@@H](CO)CN(C(=O)C2(c3ccccc3)CCCC2)C1. The molecule has 0 spiro atoms. The van der Waals surface area contributed by atoms with Gasteiger partial charge in [-0.1, -0.05) is 43.2 Å². The van der Waals surface area contributed by atoms with Crippen LogP contribution in [0.4, 0.5) is 0 Å². The average molecular weight is 344 g/mol. The van der Waals surface area contributed by atoms with E-state index in [1.54, 1.807) is 0 Å². The number of piperidine rings is 1. The minimum absolute atomic E-state index is 0.173. The van der Waals surface area contributed by atoms with Crippen LogP contribution in [-0.2, 0) is 10.2 Å². The summed E-state index contributed by atoms with van der Waals surface area (Å²) in [5.41, 5.74) is 0.828. The van der Waals surface area contributed by atoms with Gasteiger partial charge in [-0.15, -0.1) is 0 Å². The van der Waals surface area contributed by atoms with Gasteiger partial charge in [-0.05, 0) is 50.8 Å². The summed E-state index contributed by atoms with van der Waals surface area (Å²) in [6.45, 7) is 2.67. The number of carbonyl (C=O) groups is 1. The number of carbonyl (C=O) groups excluding carboxylic acids is 1. The molecule has 1 heterocycles. The van der Waals surface area contributed by atoms with Crippen molar-refractivity contribution < 1.29 is 9.90 Å². The molecule has 0 aromatic heterocycles. The third-order valence-corrected chi connectivity index (χ3v) is 5.99. The molecule has 1 N–H and O–H groups in total. The minimum Gasteiger partial charge on any atom is -0.396 e. The van der Waals surface area contributed by atoms with Crippen LogP contribution in [0.5, 0.6) is 0 Å². The normalized spacial score (nSPS) is 26.2. The fraction of sp³-hybridized carbons (Fsp3) is 0.667. The fourth-order valence-corrected chi connectivity index (χ4v) is 4.93. The summed E-state index contributed by atoms with van der Waals surface area (Å²) in [6.07, 6.45) is 5.16. The highest BCUT2D eigenvalue weighted by Crippen LogP contribution is 2.43. The Hall–Kier alpha value is -1.39. The Morgan fingerprint density at radius 2 is 1.80 bits per heavy atom. The predicted molar refractivity (Wildman–Crippen MR) is 100 cm³/mol. The summed E-state index contributed by atoms with van der Waals surface area (Å²) >= 11 is 0. The summed E-state index contributed by atoms with van der Waals surface area (Å²) in [6, 6.07) is 10.4. The molecule has 1 aromatic rings. The number of benzene rings is 1. The molecule has 1 saturated heterocycles. The number of nitrogens with zero attached hydrogens (tertiary/aromatic N) is 2. The molecule has 1 aliphatic carbocycles. The second-order valence-corrected chi connectivity index (χ2v) is 8.28. The zero-order chi connectivity index (χ0) is 17.9. The molecule has 0 bridgehead atoms. The molecule has 4 nitrogen and oxygen atoms in total. The molecule has 3 rings (SSSR count). The van der Waals surface area contributed by atoms with E-state index in [2.05, 4.69) is 36.0 Å². The first-order chi connectivity index (χ1) is 12.0. The van der Waals surface area contributed by atoms with Crippen molar-refractivity contribution in [2.24, 2.45) is 11.8 Å². The van der Waals surface area contributed by atoms with Crippen molar-refractivity contribution in [1.29, 1.82) is 0 Å². The molecule has 1 amide bonds. The third-order valence-electron chi connectivity index (χ3n) is 5.99. The molecular formula is C21H32N2O2. The van der Waals surface area contributed by atoms with Crippen LogP contribution in [0.1, 0.15) is 37.7 Å². The highest BCUT2D eigenvalue weighted by Gasteiger charge is 2.46. The van der Waals surface area contributed by atoms with Crippen molar-refractivity contribution in [3.8, 4) is 0 Å². The molecule has 2 aliphatic rings. The van der Waals surface area contributed by atoms with Gasteiger partial charge in [0.1, 0.15) is 0 Å². The number of aliphatic hydroxyl groups is 1. The van der Waals surface area contributed by atoms with Gasteiger partial charge in [-0.25, -0.2) is 0 Å². The molecule has 1 aromatic carbocycles. The van der Waals surface area contributed by atoms with Gasteiger partial charge in [0, 0.05) is 26.2 Å². The van der Waals surface area contributed by atoms with Gasteiger partial charge in [0.15, 0.2) is 0 Å². The van der Waals surface area contributed by atoms with Crippen LogP contribution < -0.4 is 0 Å². The maximum absolute atomic E-state index is 13.6. The summed E-state index contributed by atoms with van der Waals surface area (Å²) < 4.78 is 0. The number of hydrogen-bond acceptors (Lipinski definition) is 3. The molecule has 4 heteroatoms. The van der Waals surface area contributed by atoms with Crippen molar-refractivity contribution in [3.63, 3.8) is 0 Å². The Labute approximate surface area is 151 Å². The van der Waals surface area contributed by atoms with E-state index in [1.807, 2.05) is 18.2 Å². The third kappa shape index (κ3) is 3.90. The lowest BCUT2D eigenvalue weighted by Gasteiger charge is -2.42. The van der Waals surface area contributed by atoms with E-state index in [1.165, 1.54) is 5.56 Å². The van der Waals surface area contributed by atoms with Crippen molar-refractivity contribution >= 4 is 5.91 Å². The molecular weight excluding hydrogens is 312 g/mol. The summed E-state index contributed by atoms with van der Waals surface area (Å²) in [7, 11) is 4.16. The lowest BCUT2D eigenvalue weighted by molar-refractivity contribution is -0.141. The van der Waals surface area contributed by atoms with E-state index < -0.39 is 0 Å². The zero-order valence-electron chi connectivity index (χ0n) is 15.7. The van der Waals surface area contributed by atoms with Gasteiger partial charge in [-0.2, -0.15) is 0 Å². The Kier molecular flexibility index (Phi) is 5.80. The van der Waals surface area contributed by atoms with Crippen LogP contribution in [0.3, 0.4) is 0 Å². The van der Waals surface area contributed by atoms with Gasteiger partial charge in [-0.3, -0.25) is 4.79 Å². The van der Waals surface area contributed by atoms with Crippen LogP contribution >= 0.6 is 0 Å². The van der Waals surface area contributed by atoms with Crippen LogP contribution in [0.2, 0.25) is 0 Å². The lowest BCUT2D eigenvalue weighted by Crippen LogP contribution is -2.53. The van der Waals surface area contributed by atoms with Gasteiger partial charge in [0.2, 0.25) is 5.91 Å². The first kappa shape index (κ1) is 18.4. The van der Waals surface area contributed by atoms with Crippen molar-refractivity contribution in [2.75, 3.05) is 40.3 Å². The van der Waals surface area contributed by atoms with Crippen LogP contribution in [0.25, 0.3) is 0 Å². The maximum atomic E-state index is 13.6. The van der Waals surface area contributed by atoms with Crippen molar-refractivity contribution in [2.45, 2.75) is 37.5 Å². The van der Waals surface area contributed by atoms with Crippen LogP contribution in [0, 0.1) is 11.8 Å². The molecule has 0 radical (unpaired) electrons. The predicted octanol–water partition coefficient (Wildman–Crippen LogP) is 2.52. The lowest BCUT2D eigenvalue weighted by atomic mass is 9.76. The Bertz CT molecular complexity index is 567. The Balaban J connectivity index is 1.84. The highest BCUT2D eigenvalue weighted by molar-refractivity contribution is 5.88. The van der Waals surface area contributed by atoms with E-state index in [-0.39, 0.29) is 23.8 Å². The van der Waals surface area contributed by atoms with Crippen molar-refractivity contribution in [1.82, 2.24) is 9.80 Å². The summed E-state index contributed by atoms with van der Waals surface area (Å²) in [4.78, 5) is 17.9. The molecule has 1 saturated carbocycles. The average Bonchev–Trinajstić information content (AvgIpc) is 3.12. The number of rotatable bonds is 5. The second-order valence-electron chi connectivity index (χ2n) is 8.28. The monoisotopic (exact) mass is 344 g/mol. The van der Waals surface area contributed by atoms with E-state index in [4.69, 9.17) is 0 Å². The zero-order valence-corrected chi connectivity index (χ0v) is 15.7. The largest absolute Gasteiger partial charge is 0.396 e. The summed E-state index contributed by atoms with van der Waals surface area (Å²) in [5.74, 6) is 0.939. The Morgan fingerprint density at radius 3 is 2.40 bits per heavy atom. The van der Waals surface area contributed by atoms with Gasteiger partial charge < -0.3 is 14.9 Å². The van der Waals surface area contributed by atoms with Gasteiger partial charge in [0.25, 0.3) is 0 Å². The highest BCUT2D eigenvalue weighted by atomic mass is 16.3. The first-order valence-electron chi connectivity index (χ1n) is 9.65. The standard InChI is InChI=1S/C21H32N2O2/c1-22(2)13-17-12-18(16-24)15-23(14-17)20(25)21(10-6-7-11-21)19-8-4-3-5-9-19/h3-5,8-9,17-18,24H,6-7,10-16H2,1-2H3/t17-,18-/m1/s1. The number of likely N-dealkylation sites (tertiary alicyclic amines) is 1. The molecule has 25 heavy (non-hydrogen) atoms. The quantitative estimate of drug-likeness (QED) is 0.893. The second kappa shape index (κ2) is 7.88. The number of aliphatic hydroxyl groups excluding tert-OH is 1. The van der Waals surface area contributed by atoms with E-state index in [0.717, 1.165) is 45.2 Å². The molecule has 2 fully saturated rings. The fourth-order valence-electron chi connectivity index (χ4n) is 4.93. The number of amides is 1. The van der Waals surface area contributed by atoms with Gasteiger partial charge >= 0.3 is 0 Å². The molecule has 2 atom stereocenters. The van der Waals surface area contributed by atoms with E-state index in [9.17, 15) is 9.90 Å².